The van der Waals surface area contributed by atoms with Crippen molar-refractivity contribution in [1.82, 2.24) is 15.5 Å². The standard InChI is InChI=1S/C24H39N3O5/c1-3-23-12-13-24(32-23)18(17(23)20(29)25-2)22(31)27(14-8-5-9-15-28)19(24)21(30)26-16-10-6-4-7-11-16/h16-19,28H,3-15H2,1-2H3,(H,25,29)(H,26,30)/t17-,18+,19?,23+,24?/m1/s1. The van der Waals surface area contributed by atoms with Gasteiger partial charge < -0.3 is 25.4 Å². The molecule has 0 aromatic rings. The number of amides is 3. The van der Waals surface area contributed by atoms with Crippen LogP contribution in [0.3, 0.4) is 0 Å². The monoisotopic (exact) mass is 449 g/mol. The largest absolute Gasteiger partial charge is 0.396 e. The van der Waals surface area contributed by atoms with E-state index in [0.29, 0.717) is 38.6 Å². The fourth-order valence-electron chi connectivity index (χ4n) is 6.91. The highest BCUT2D eigenvalue weighted by Gasteiger charge is 2.78. The van der Waals surface area contributed by atoms with Crippen molar-refractivity contribution in [1.29, 1.82) is 0 Å². The Morgan fingerprint density at radius 2 is 1.88 bits per heavy atom. The molecule has 4 aliphatic rings. The summed E-state index contributed by atoms with van der Waals surface area (Å²) in [5.41, 5.74) is -1.60. The van der Waals surface area contributed by atoms with Gasteiger partial charge in [0.15, 0.2) is 0 Å². The average Bonchev–Trinajstić information content (AvgIpc) is 3.40. The molecule has 1 saturated carbocycles. The second kappa shape index (κ2) is 9.29. The molecule has 1 spiro atoms. The topological polar surface area (TPSA) is 108 Å². The number of nitrogens with zero attached hydrogens (tertiary/aromatic N) is 1. The van der Waals surface area contributed by atoms with Crippen LogP contribution in [0.15, 0.2) is 0 Å². The van der Waals surface area contributed by atoms with E-state index in [9.17, 15) is 14.4 Å². The molecule has 2 bridgehead atoms. The number of nitrogens with one attached hydrogen (secondary N) is 2. The van der Waals surface area contributed by atoms with Crippen LogP contribution in [0.25, 0.3) is 0 Å². The van der Waals surface area contributed by atoms with Crippen LogP contribution in [-0.2, 0) is 19.1 Å². The summed E-state index contributed by atoms with van der Waals surface area (Å²) in [5.74, 6) is -1.59. The van der Waals surface area contributed by atoms with E-state index in [2.05, 4.69) is 10.6 Å². The molecule has 3 aliphatic heterocycles. The predicted molar refractivity (Wildman–Crippen MR) is 119 cm³/mol. The van der Waals surface area contributed by atoms with Crippen molar-refractivity contribution in [3.8, 4) is 0 Å². The normalized spacial score (nSPS) is 36.4. The van der Waals surface area contributed by atoms with Gasteiger partial charge in [0.2, 0.25) is 17.7 Å². The average molecular weight is 450 g/mol. The van der Waals surface area contributed by atoms with Crippen molar-refractivity contribution >= 4 is 17.7 Å². The van der Waals surface area contributed by atoms with E-state index >= 15 is 0 Å². The summed E-state index contributed by atoms with van der Waals surface area (Å²) < 4.78 is 6.68. The van der Waals surface area contributed by atoms with Crippen LogP contribution in [0.4, 0.5) is 0 Å². The summed E-state index contributed by atoms with van der Waals surface area (Å²) >= 11 is 0. The van der Waals surface area contributed by atoms with Crippen LogP contribution >= 0.6 is 0 Å². The van der Waals surface area contributed by atoms with Crippen molar-refractivity contribution in [3.63, 3.8) is 0 Å². The lowest BCUT2D eigenvalue weighted by Crippen LogP contribution is -2.57. The lowest BCUT2D eigenvalue weighted by molar-refractivity contribution is -0.148. The number of unbranched alkanes of at least 4 members (excludes halogenated alkanes) is 2. The summed E-state index contributed by atoms with van der Waals surface area (Å²) in [6, 6.07) is -0.550. The molecule has 0 aromatic carbocycles. The van der Waals surface area contributed by atoms with Gasteiger partial charge in [-0.15, -0.1) is 0 Å². The van der Waals surface area contributed by atoms with Gasteiger partial charge in [-0.05, 0) is 51.4 Å². The van der Waals surface area contributed by atoms with Crippen LogP contribution in [0.5, 0.6) is 0 Å². The third kappa shape index (κ3) is 3.63. The van der Waals surface area contributed by atoms with Gasteiger partial charge >= 0.3 is 0 Å². The maximum atomic E-state index is 13.8. The number of carbonyl (C=O) groups excluding carboxylic acids is 3. The quantitative estimate of drug-likeness (QED) is 0.463. The second-order valence-electron chi connectivity index (χ2n) is 10.1. The van der Waals surface area contributed by atoms with Crippen molar-refractivity contribution in [3.05, 3.63) is 0 Å². The molecule has 8 heteroatoms. The van der Waals surface area contributed by atoms with Crippen molar-refractivity contribution in [2.24, 2.45) is 11.8 Å². The molecule has 3 saturated heterocycles. The Morgan fingerprint density at radius 3 is 2.53 bits per heavy atom. The summed E-state index contributed by atoms with van der Waals surface area (Å²) in [5, 5.41) is 15.1. The van der Waals surface area contributed by atoms with Crippen molar-refractivity contribution < 1.29 is 24.2 Å². The van der Waals surface area contributed by atoms with E-state index in [1.54, 1.807) is 11.9 Å². The van der Waals surface area contributed by atoms with Crippen molar-refractivity contribution in [2.75, 3.05) is 20.2 Å². The summed E-state index contributed by atoms with van der Waals surface area (Å²) in [4.78, 5) is 42.1. The Labute approximate surface area is 190 Å². The maximum absolute atomic E-state index is 13.8. The minimum Gasteiger partial charge on any atom is -0.396 e. The lowest BCUT2D eigenvalue weighted by atomic mass is 9.65. The highest BCUT2D eigenvalue weighted by Crippen LogP contribution is 2.64. The molecule has 3 N–H and O–H groups in total. The molecule has 3 amide bonds. The van der Waals surface area contributed by atoms with E-state index in [0.717, 1.165) is 32.1 Å². The van der Waals surface area contributed by atoms with E-state index in [4.69, 9.17) is 9.84 Å². The molecule has 3 heterocycles. The first kappa shape index (κ1) is 23.5. The number of aliphatic hydroxyl groups excluding tert-OH is 1. The summed E-state index contributed by atoms with van der Waals surface area (Å²) in [6.45, 7) is 2.57. The Kier molecular flexibility index (Phi) is 6.82. The molecule has 32 heavy (non-hydrogen) atoms. The molecule has 4 rings (SSSR count). The number of hydrogen-bond donors (Lipinski definition) is 3. The third-order valence-electron chi connectivity index (χ3n) is 8.47. The molecule has 180 valence electrons. The van der Waals surface area contributed by atoms with Crippen LogP contribution in [-0.4, -0.2) is 71.2 Å². The number of likely N-dealkylation sites (tertiary alicyclic amines) is 1. The van der Waals surface area contributed by atoms with Crippen LogP contribution in [0.1, 0.15) is 77.6 Å². The zero-order valence-corrected chi connectivity index (χ0v) is 19.5. The fraction of sp³-hybridized carbons (Fsp3) is 0.875. The van der Waals surface area contributed by atoms with Crippen LogP contribution in [0, 0.1) is 11.8 Å². The minimum atomic E-state index is -0.931. The summed E-state index contributed by atoms with van der Waals surface area (Å²) in [6.07, 6.45) is 9.50. The van der Waals surface area contributed by atoms with Gasteiger partial charge in [-0.1, -0.05) is 26.2 Å². The molecular formula is C24H39N3O5. The zero-order valence-electron chi connectivity index (χ0n) is 19.5. The van der Waals surface area contributed by atoms with Crippen LogP contribution in [0.2, 0.25) is 0 Å². The van der Waals surface area contributed by atoms with Crippen LogP contribution < -0.4 is 10.6 Å². The van der Waals surface area contributed by atoms with Gasteiger partial charge in [-0.3, -0.25) is 14.4 Å². The van der Waals surface area contributed by atoms with Gasteiger partial charge in [-0.2, -0.15) is 0 Å². The molecule has 5 atom stereocenters. The number of hydrogen-bond acceptors (Lipinski definition) is 5. The fourth-order valence-corrected chi connectivity index (χ4v) is 6.91. The van der Waals surface area contributed by atoms with E-state index in [1.165, 1.54) is 6.42 Å². The number of rotatable bonds is 9. The number of aliphatic hydroxyl groups is 1. The number of fused-ring (bicyclic) bond motifs is 1. The highest BCUT2D eigenvalue weighted by atomic mass is 16.5. The van der Waals surface area contributed by atoms with Gasteiger partial charge in [-0.25, -0.2) is 0 Å². The molecule has 0 radical (unpaired) electrons. The predicted octanol–water partition coefficient (Wildman–Crippen LogP) is 1.50. The SMILES string of the molecule is CC[C@@]12CCC3(O1)C(C(=O)NC1CCCCC1)N(CCCCCO)C(=O)[C@@H]3[C@@H]2C(=O)NC. The first-order valence-electron chi connectivity index (χ1n) is 12.6. The summed E-state index contributed by atoms with van der Waals surface area (Å²) in [7, 11) is 1.60. The molecule has 4 fully saturated rings. The second-order valence-corrected chi connectivity index (χ2v) is 10.1. The van der Waals surface area contributed by atoms with E-state index < -0.39 is 29.1 Å². The Balaban J connectivity index is 1.65. The van der Waals surface area contributed by atoms with Gasteiger partial charge in [0.25, 0.3) is 0 Å². The molecule has 1 aliphatic carbocycles. The zero-order chi connectivity index (χ0) is 22.9. The van der Waals surface area contributed by atoms with E-state index in [1.807, 2.05) is 6.92 Å². The number of ether oxygens (including phenoxy) is 1. The lowest BCUT2D eigenvalue weighted by Gasteiger charge is -2.35. The Bertz CT molecular complexity index is 739. The van der Waals surface area contributed by atoms with Gasteiger partial charge in [0.1, 0.15) is 11.6 Å². The Morgan fingerprint density at radius 1 is 1.12 bits per heavy atom. The van der Waals surface area contributed by atoms with Gasteiger partial charge in [0, 0.05) is 26.2 Å². The highest BCUT2D eigenvalue weighted by molar-refractivity contribution is 5.99. The molecule has 8 nitrogen and oxygen atoms in total. The van der Waals surface area contributed by atoms with Crippen molar-refractivity contribution in [2.45, 2.75) is 101 Å². The minimum absolute atomic E-state index is 0.118. The third-order valence-corrected chi connectivity index (χ3v) is 8.47. The van der Waals surface area contributed by atoms with Gasteiger partial charge in [0.05, 0.1) is 17.4 Å². The first-order valence-corrected chi connectivity index (χ1v) is 12.6. The molecule has 2 unspecified atom stereocenters. The number of carbonyl (C=O) groups is 3. The Hall–Kier alpha value is -1.67. The molecule has 0 aromatic heterocycles. The smallest absolute Gasteiger partial charge is 0.246 e. The maximum Gasteiger partial charge on any atom is 0.246 e. The first-order chi connectivity index (χ1) is 15.4. The van der Waals surface area contributed by atoms with E-state index in [-0.39, 0.29) is 30.4 Å². The molecular weight excluding hydrogens is 410 g/mol.